The molecule has 2 saturated heterocycles. The Morgan fingerprint density at radius 1 is 0.833 bits per heavy atom. The molecule has 0 amide bonds. The third-order valence-corrected chi connectivity index (χ3v) is 6.58. The van der Waals surface area contributed by atoms with Crippen molar-refractivity contribution in [1.82, 2.24) is 19.5 Å². The molecule has 0 bridgehead atoms. The van der Waals surface area contributed by atoms with Gasteiger partial charge < -0.3 is 29.2 Å². The van der Waals surface area contributed by atoms with E-state index in [2.05, 4.69) is 63.9 Å². The summed E-state index contributed by atoms with van der Waals surface area (Å²) in [5, 5.41) is 4.38. The lowest BCUT2D eigenvalue weighted by Crippen LogP contribution is -2.46. The Hall–Kier alpha value is -3.69. The van der Waals surface area contributed by atoms with E-state index in [1.54, 1.807) is 0 Å². The summed E-state index contributed by atoms with van der Waals surface area (Å²) in [4.78, 5) is 19.3. The summed E-state index contributed by atoms with van der Waals surface area (Å²) < 4.78 is 13.6. The van der Waals surface area contributed by atoms with Crippen molar-refractivity contribution in [3.8, 4) is 5.69 Å². The fourth-order valence-corrected chi connectivity index (χ4v) is 4.92. The number of nitrogens with one attached hydrogen (secondary N) is 1. The second-order valence-corrected chi connectivity index (χ2v) is 9.44. The van der Waals surface area contributed by atoms with Crippen LogP contribution in [0.1, 0.15) is 13.8 Å². The molecule has 0 radical (unpaired) electrons. The molecule has 186 valence electrons. The van der Waals surface area contributed by atoms with E-state index in [-0.39, 0.29) is 12.2 Å². The largest absolute Gasteiger partial charge is 0.378 e. The zero-order valence-corrected chi connectivity index (χ0v) is 20.7. The van der Waals surface area contributed by atoms with E-state index in [1.165, 1.54) is 0 Å². The Morgan fingerprint density at radius 2 is 1.56 bits per heavy atom. The van der Waals surface area contributed by atoms with Crippen molar-refractivity contribution in [2.75, 3.05) is 54.5 Å². The predicted octanol–water partition coefficient (Wildman–Crippen LogP) is 4.01. The number of benzene rings is 1. The Balaban J connectivity index is 1.33. The zero-order valence-electron chi connectivity index (χ0n) is 20.7. The highest BCUT2D eigenvalue weighted by Gasteiger charge is 2.26. The van der Waals surface area contributed by atoms with Gasteiger partial charge >= 0.3 is 0 Å². The normalized spacial score (nSPS) is 20.6. The van der Waals surface area contributed by atoms with Crippen LogP contribution in [-0.4, -0.2) is 71.1 Å². The molecule has 0 saturated carbocycles. The summed E-state index contributed by atoms with van der Waals surface area (Å²) in [6, 6.07) is 16.4. The number of hydrogen-bond donors (Lipinski definition) is 1. The molecule has 1 aromatic carbocycles. The maximum atomic E-state index is 5.94. The third-order valence-electron chi connectivity index (χ3n) is 6.58. The number of nitrogens with zero attached hydrogens (tertiary/aromatic N) is 6. The molecule has 4 aromatic rings. The van der Waals surface area contributed by atoms with Crippen molar-refractivity contribution in [3.05, 3.63) is 60.9 Å². The molecule has 9 heteroatoms. The molecule has 0 spiro atoms. The molecule has 2 unspecified atom stereocenters. The van der Waals surface area contributed by atoms with Crippen molar-refractivity contribution in [1.29, 1.82) is 0 Å². The van der Waals surface area contributed by atoms with Gasteiger partial charge in [-0.3, -0.25) is 0 Å². The van der Waals surface area contributed by atoms with E-state index in [4.69, 9.17) is 24.4 Å². The van der Waals surface area contributed by atoms with E-state index < -0.39 is 0 Å². The highest BCUT2D eigenvalue weighted by atomic mass is 16.5. The van der Waals surface area contributed by atoms with Gasteiger partial charge in [0.1, 0.15) is 11.6 Å². The van der Waals surface area contributed by atoms with Gasteiger partial charge in [-0.25, -0.2) is 4.98 Å². The lowest BCUT2D eigenvalue weighted by atomic mass is 10.2. The van der Waals surface area contributed by atoms with Crippen LogP contribution >= 0.6 is 0 Å². The summed E-state index contributed by atoms with van der Waals surface area (Å²) in [6.07, 6.45) is 4.31. The smallest absolute Gasteiger partial charge is 0.229 e. The molecule has 6 rings (SSSR count). The lowest BCUT2D eigenvalue weighted by Gasteiger charge is -2.36. The lowest BCUT2D eigenvalue weighted by molar-refractivity contribution is -0.00570. The fraction of sp³-hybridized carbons (Fsp3) is 0.370. The summed E-state index contributed by atoms with van der Waals surface area (Å²) in [5.74, 6) is 2.37. The minimum absolute atomic E-state index is 0.121. The maximum Gasteiger partial charge on any atom is 0.229 e. The summed E-state index contributed by atoms with van der Waals surface area (Å²) >= 11 is 0. The van der Waals surface area contributed by atoms with Crippen LogP contribution in [0.25, 0.3) is 16.7 Å². The quantitative estimate of drug-likeness (QED) is 0.454. The highest BCUT2D eigenvalue weighted by molar-refractivity contribution is 5.89. The third kappa shape index (κ3) is 4.72. The minimum Gasteiger partial charge on any atom is -0.378 e. The Kier molecular flexibility index (Phi) is 6.16. The van der Waals surface area contributed by atoms with Crippen molar-refractivity contribution >= 4 is 34.3 Å². The molecule has 1 N–H and O–H groups in total. The van der Waals surface area contributed by atoms with Crippen LogP contribution in [0.3, 0.4) is 0 Å². The molecule has 2 aliphatic rings. The van der Waals surface area contributed by atoms with Gasteiger partial charge in [-0.2, -0.15) is 9.97 Å². The number of ether oxygens (including phenoxy) is 2. The predicted molar refractivity (Wildman–Crippen MR) is 142 cm³/mol. The van der Waals surface area contributed by atoms with Crippen molar-refractivity contribution in [3.63, 3.8) is 0 Å². The molecule has 0 aliphatic carbocycles. The minimum atomic E-state index is 0.121. The average molecular weight is 486 g/mol. The van der Waals surface area contributed by atoms with Gasteiger partial charge in [-0.15, -0.1) is 0 Å². The van der Waals surface area contributed by atoms with Gasteiger partial charge in [-0.05, 0) is 62.4 Å². The van der Waals surface area contributed by atoms with E-state index in [9.17, 15) is 0 Å². The molecular formula is C27H31N7O2. The van der Waals surface area contributed by atoms with Gasteiger partial charge in [0.05, 0.1) is 30.8 Å². The molecule has 5 heterocycles. The number of rotatable bonds is 5. The SMILES string of the molecule is CC1CN(c2nc(N3CCOCC3)c3ccc(Nc4ccc(-n5cccc5)cc4)nc3n2)CC(C)O1. The maximum absolute atomic E-state index is 5.94. The first-order valence-corrected chi connectivity index (χ1v) is 12.5. The summed E-state index contributed by atoms with van der Waals surface area (Å²) in [5.41, 5.74) is 2.76. The van der Waals surface area contributed by atoms with Gasteiger partial charge in [0.25, 0.3) is 0 Å². The van der Waals surface area contributed by atoms with Gasteiger partial charge in [0.15, 0.2) is 5.65 Å². The molecule has 2 fully saturated rings. The summed E-state index contributed by atoms with van der Waals surface area (Å²) in [7, 11) is 0. The Morgan fingerprint density at radius 3 is 2.28 bits per heavy atom. The Labute approximate surface area is 210 Å². The van der Waals surface area contributed by atoms with Crippen LogP contribution in [0.15, 0.2) is 60.9 Å². The number of aromatic nitrogens is 4. The van der Waals surface area contributed by atoms with Crippen LogP contribution < -0.4 is 15.1 Å². The van der Waals surface area contributed by atoms with Gasteiger partial charge in [0.2, 0.25) is 5.95 Å². The number of hydrogen-bond acceptors (Lipinski definition) is 8. The molecule has 9 nitrogen and oxygen atoms in total. The first-order chi connectivity index (χ1) is 17.6. The molecule has 36 heavy (non-hydrogen) atoms. The second-order valence-electron chi connectivity index (χ2n) is 9.44. The van der Waals surface area contributed by atoms with E-state index >= 15 is 0 Å². The van der Waals surface area contributed by atoms with Crippen molar-refractivity contribution < 1.29 is 9.47 Å². The van der Waals surface area contributed by atoms with Crippen molar-refractivity contribution in [2.45, 2.75) is 26.1 Å². The standard InChI is InChI=1S/C27H31N7O2/c1-19-17-34(18-20(2)36-19)27-30-25-23(26(31-27)33-13-15-35-16-14-33)9-10-24(29-25)28-21-5-7-22(8-6-21)32-11-3-4-12-32/h3-12,19-20H,13-18H2,1-2H3,(H,28,29,30,31). The van der Waals surface area contributed by atoms with Crippen LogP contribution in [0.4, 0.5) is 23.3 Å². The first-order valence-electron chi connectivity index (χ1n) is 12.5. The van der Waals surface area contributed by atoms with Crippen LogP contribution in [0, 0.1) is 0 Å². The number of morpholine rings is 2. The number of fused-ring (bicyclic) bond motifs is 1. The number of pyridine rings is 1. The van der Waals surface area contributed by atoms with Crippen LogP contribution in [0.5, 0.6) is 0 Å². The van der Waals surface area contributed by atoms with Gasteiger partial charge in [-0.1, -0.05) is 0 Å². The summed E-state index contributed by atoms with van der Waals surface area (Å²) in [6.45, 7) is 8.68. The van der Waals surface area contributed by atoms with E-state index in [0.29, 0.717) is 24.8 Å². The molecule has 3 aromatic heterocycles. The molecule has 2 atom stereocenters. The molecule has 2 aliphatic heterocycles. The van der Waals surface area contributed by atoms with Gasteiger partial charge in [0, 0.05) is 49.9 Å². The highest BCUT2D eigenvalue weighted by Crippen LogP contribution is 2.29. The molecular weight excluding hydrogens is 454 g/mol. The first kappa shape index (κ1) is 22.8. The Bertz CT molecular complexity index is 1310. The monoisotopic (exact) mass is 485 g/mol. The second kappa shape index (κ2) is 9.75. The van der Waals surface area contributed by atoms with E-state index in [1.807, 2.05) is 30.6 Å². The fourth-order valence-electron chi connectivity index (χ4n) is 4.92. The van der Waals surface area contributed by atoms with Crippen molar-refractivity contribution in [2.24, 2.45) is 0 Å². The average Bonchev–Trinajstić information content (AvgIpc) is 3.43. The van der Waals surface area contributed by atoms with Crippen LogP contribution in [-0.2, 0) is 9.47 Å². The zero-order chi connectivity index (χ0) is 24.5. The van der Waals surface area contributed by atoms with Crippen LogP contribution in [0.2, 0.25) is 0 Å². The van der Waals surface area contributed by atoms with E-state index in [0.717, 1.165) is 54.6 Å². The topological polar surface area (TPSA) is 80.6 Å². The number of anilines is 4.